The summed E-state index contributed by atoms with van der Waals surface area (Å²) in [7, 11) is 0. The third-order valence-electron chi connectivity index (χ3n) is 5.32. The normalized spacial score (nSPS) is 28.4. The van der Waals surface area contributed by atoms with Crippen molar-refractivity contribution in [1.82, 2.24) is 20.2 Å². The molecule has 5 heteroatoms. The molecule has 0 radical (unpaired) electrons. The SMILES string of the molecule is c1ccc2c(c1)ncn2CCNC1CCCC1C1COCCN1. The zero-order valence-electron chi connectivity index (χ0n) is 13.6. The molecule has 0 spiro atoms. The van der Waals surface area contributed by atoms with Gasteiger partial charge in [-0.2, -0.15) is 0 Å². The molecule has 124 valence electrons. The molecule has 3 unspecified atom stereocenters. The van der Waals surface area contributed by atoms with Gasteiger partial charge < -0.3 is 19.9 Å². The molecule has 23 heavy (non-hydrogen) atoms. The lowest BCUT2D eigenvalue weighted by Gasteiger charge is -2.33. The molecular formula is C18H26N4O. The van der Waals surface area contributed by atoms with Crippen molar-refractivity contribution in [3.63, 3.8) is 0 Å². The predicted molar refractivity (Wildman–Crippen MR) is 91.5 cm³/mol. The molecule has 1 aromatic heterocycles. The molecule has 5 nitrogen and oxygen atoms in total. The van der Waals surface area contributed by atoms with Crippen LogP contribution in [0.4, 0.5) is 0 Å². The number of nitrogens with one attached hydrogen (secondary N) is 2. The van der Waals surface area contributed by atoms with Gasteiger partial charge >= 0.3 is 0 Å². The largest absolute Gasteiger partial charge is 0.379 e. The lowest BCUT2D eigenvalue weighted by molar-refractivity contribution is 0.0525. The van der Waals surface area contributed by atoms with E-state index in [9.17, 15) is 0 Å². The summed E-state index contributed by atoms with van der Waals surface area (Å²) in [6, 6.07) is 9.47. The Labute approximate surface area is 137 Å². The number of aromatic nitrogens is 2. The molecule has 1 aromatic carbocycles. The number of imidazole rings is 1. The van der Waals surface area contributed by atoms with Gasteiger partial charge in [0.25, 0.3) is 0 Å². The smallest absolute Gasteiger partial charge is 0.0958 e. The second-order valence-corrected chi connectivity index (χ2v) is 6.72. The van der Waals surface area contributed by atoms with E-state index < -0.39 is 0 Å². The fourth-order valence-corrected chi connectivity index (χ4v) is 4.14. The molecule has 2 aliphatic rings. The van der Waals surface area contributed by atoms with E-state index in [0.717, 1.165) is 38.4 Å². The predicted octanol–water partition coefficient (Wildman–Crippen LogP) is 1.78. The molecule has 2 N–H and O–H groups in total. The van der Waals surface area contributed by atoms with Crippen molar-refractivity contribution in [2.45, 2.75) is 37.9 Å². The van der Waals surface area contributed by atoms with Crippen molar-refractivity contribution >= 4 is 11.0 Å². The summed E-state index contributed by atoms with van der Waals surface area (Å²) in [5, 5.41) is 7.43. The van der Waals surface area contributed by atoms with Gasteiger partial charge in [0, 0.05) is 31.7 Å². The third-order valence-corrected chi connectivity index (χ3v) is 5.32. The highest BCUT2D eigenvalue weighted by Gasteiger charge is 2.34. The van der Waals surface area contributed by atoms with Crippen LogP contribution >= 0.6 is 0 Å². The highest BCUT2D eigenvalue weighted by atomic mass is 16.5. The average molecular weight is 314 g/mol. The fourth-order valence-electron chi connectivity index (χ4n) is 4.14. The van der Waals surface area contributed by atoms with E-state index in [0.29, 0.717) is 18.0 Å². The van der Waals surface area contributed by atoms with Crippen molar-refractivity contribution in [2.75, 3.05) is 26.3 Å². The van der Waals surface area contributed by atoms with E-state index >= 15 is 0 Å². The second-order valence-electron chi connectivity index (χ2n) is 6.72. The Morgan fingerprint density at radius 2 is 2.26 bits per heavy atom. The van der Waals surface area contributed by atoms with Crippen LogP contribution in [-0.2, 0) is 11.3 Å². The number of ether oxygens (including phenoxy) is 1. The number of hydrogen-bond donors (Lipinski definition) is 2. The van der Waals surface area contributed by atoms with Crippen LogP contribution in [0.2, 0.25) is 0 Å². The molecule has 2 fully saturated rings. The van der Waals surface area contributed by atoms with Gasteiger partial charge in [0.05, 0.1) is 30.6 Å². The Balaban J connectivity index is 1.33. The number of rotatable bonds is 5. The van der Waals surface area contributed by atoms with E-state index in [-0.39, 0.29) is 0 Å². The van der Waals surface area contributed by atoms with E-state index in [1.807, 2.05) is 12.4 Å². The number of morpholine rings is 1. The van der Waals surface area contributed by atoms with Gasteiger partial charge in [-0.3, -0.25) is 0 Å². The summed E-state index contributed by atoms with van der Waals surface area (Å²) >= 11 is 0. The number of benzene rings is 1. The summed E-state index contributed by atoms with van der Waals surface area (Å²) in [6.07, 6.45) is 5.88. The lowest BCUT2D eigenvalue weighted by Crippen LogP contribution is -2.51. The topological polar surface area (TPSA) is 51.1 Å². The van der Waals surface area contributed by atoms with Crippen molar-refractivity contribution in [3.8, 4) is 0 Å². The number of nitrogens with zero attached hydrogens (tertiary/aromatic N) is 2. The molecule has 0 amide bonds. The summed E-state index contributed by atoms with van der Waals surface area (Å²) in [5.41, 5.74) is 2.30. The van der Waals surface area contributed by atoms with Crippen molar-refractivity contribution in [1.29, 1.82) is 0 Å². The Bertz CT molecular complexity index is 635. The number of para-hydroxylation sites is 2. The van der Waals surface area contributed by atoms with Crippen LogP contribution in [-0.4, -0.2) is 47.9 Å². The summed E-state index contributed by atoms with van der Waals surface area (Å²) in [4.78, 5) is 4.47. The van der Waals surface area contributed by atoms with Crippen LogP contribution in [0.5, 0.6) is 0 Å². The molecule has 2 aromatic rings. The van der Waals surface area contributed by atoms with E-state index in [4.69, 9.17) is 4.74 Å². The first kappa shape index (κ1) is 15.1. The molecule has 2 heterocycles. The van der Waals surface area contributed by atoms with E-state index in [1.54, 1.807) is 0 Å². The second kappa shape index (κ2) is 6.99. The zero-order valence-corrected chi connectivity index (χ0v) is 13.6. The maximum absolute atomic E-state index is 5.65. The molecule has 1 aliphatic heterocycles. The molecule has 3 atom stereocenters. The maximum atomic E-state index is 5.65. The minimum atomic E-state index is 0.526. The zero-order chi connectivity index (χ0) is 15.5. The van der Waals surface area contributed by atoms with Gasteiger partial charge in [-0.25, -0.2) is 4.98 Å². The molecule has 1 saturated carbocycles. The molecule has 4 rings (SSSR count). The fraction of sp³-hybridized carbons (Fsp3) is 0.611. The Morgan fingerprint density at radius 3 is 3.17 bits per heavy atom. The molecular weight excluding hydrogens is 288 g/mol. The van der Waals surface area contributed by atoms with Crippen molar-refractivity contribution < 1.29 is 4.74 Å². The van der Waals surface area contributed by atoms with Gasteiger partial charge in [0.1, 0.15) is 0 Å². The first-order chi connectivity index (χ1) is 11.4. The lowest BCUT2D eigenvalue weighted by atomic mass is 9.94. The monoisotopic (exact) mass is 314 g/mol. The van der Waals surface area contributed by atoms with Crippen LogP contribution in [0.15, 0.2) is 30.6 Å². The van der Waals surface area contributed by atoms with Gasteiger partial charge in [-0.1, -0.05) is 18.6 Å². The van der Waals surface area contributed by atoms with E-state index in [1.165, 1.54) is 24.8 Å². The quantitative estimate of drug-likeness (QED) is 0.883. The van der Waals surface area contributed by atoms with Crippen LogP contribution in [0.1, 0.15) is 19.3 Å². The highest BCUT2D eigenvalue weighted by molar-refractivity contribution is 5.74. The first-order valence-corrected chi connectivity index (χ1v) is 8.86. The summed E-state index contributed by atoms with van der Waals surface area (Å²) < 4.78 is 7.90. The summed E-state index contributed by atoms with van der Waals surface area (Å²) in [6.45, 7) is 4.69. The minimum absolute atomic E-state index is 0.526. The highest BCUT2D eigenvalue weighted by Crippen LogP contribution is 2.29. The Hall–Kier alpha value is -1.43. The van der Waals surface area contributed by atoms with Gasteiger partial charge in [-0.15, -0.1) is 0 Å². The average Bonchev–Trinajstić information content (AvgIpc) is 3.23. The van der Waals surface area contributed by atoms with Crippen molar-refractivity contribution in [3.05, 3.63) is 30.6 Å². The van der Waals surface area contributed by atoms with Crippen LogP contribution in [0, 0.1) is 5.92 Å². The van der Waals surface area contributed by atoms with Gasteiger partial charge in [0.2, 0.25) is 0 Å². The third kappa shape index (κ3) is 3.27. The maximum Gasteiger partial charge on any atom is 0.0958 e. The van der Waals surface area contributed by atoms with Gasteiger partial charge in [-0.05, 0) is 30.9 Å². The molecule has 0 bridgehead atoms. The van der Waals surface area contributed by atoms with Crippen LogP contribution in [0.25, 0.3) is 11.0 Å². The molecule has 1 saturated heterocycles. The number of hydrogen-bond acceptors (Lipinski definition) is 4. The standard InChI is InChI=1S/C18H26N4O/c1-2-7-18-16(5-1)21-13-22(18)10-8-19-15-6-3-4-14(15)17-12-23-11-9-20-17/h1-2,5,7,13-15,17,19-20H,3-4,6,8-12H2. The van der Waals surface area contributed by atoms with Gasteiger partial charge in [0.15, 0.2) is 0 Å². The first-order valence-electron chi connectivity index (χ1n) is 8.86. The van der Waals surface area contributed by atoms with Crippen molar-refractivity contribution in [2.24, 2.45) is 5.92 Å². The summed E-state index contributed by atoms with van der Waals surface area (Å²) in [5.74, 6) is 0.704. The Kier molecular flexibility index (Phi) is 4.60. The van der Waals surface area contributed by atoms with Crippen LogP contribution < -0.4 is 10.6 Å². The number of fused-ring (bicyclic) bond motifs is 1. The van der Waals surface area contributed by atoms with E-state index in [2.05, 4.69) is 38.4 Å². The molecule has 1 aliphatic carbocycles. The Morgan fingerprint density at radius 1 is 1.30 bits per heavy atom. The minimum Gasteiger partial charge on any atom is -0.379 e. The van der Waals surface area contributed by atoms with Crippen LogP contribution in [0.3, 0.4) is 0 Å².